The van der Waals surface area contributed by atoms with E-state index in [0.717, 1.165) is 16.5 Å². The number of pyridine rings is 1. The zero-order valence-corrected chi connectivity index (χ0v) is 11.1. The van der Waals surface area contributed by atoms with E-state index in [4.69, 9.17) is 10.2 Å². The maximum absolute atomic E-state index is 5.96. The van der Waals surface area contributed by atoms with Crippen molar-refractivity contribution >= 4 is 16.8 Å². The Bertz CT molecular complexity index is 711. The summed E-state index contributed by atoms with van der Waals surface area (Å²) in [6, 6.07) is 10.5. The Hall–Kier alpha value is -2.29. The van der Waals surface area contributed by atoms with Gasteiger partial charge in [-0.3, -0.25) is 0 Å². The topological polar surface area (TPSA) is 52.0 Å². The van der Waals surface area contributed by atoms with Crippen LogP contribution in [0, 0.1) is 0 Å². The lowest BCUT2D eigenvalue weighted by Gasteiger charge is -2.08. The van der Waals surface area contributed by atoms with Gasteiger partial charge >= 0.3 is 0 Å². The summed E-state index contributed by atoms with van der Waals surface area (Å²) in [5.41, 5.74) is 10.7. The molecule has 0 fully saturated rings. The van der Waals surface area contributed by atoms with E-state index in [1.165, 1.54) is 5.56 Å². The Balaban J connectivity index is 2.16. The van der Waals surface area contributed by atoms with E-state index >= 15 is 0 Å². The van der Waals surface area contributed by atoms with Gasteiger partial charge in [0.1, 0.15) is 6.26 Å². The summed E-state index contributed by atoms with van der Waals surface area (Å²) in [4.78, 5) is 4.19. The molecule has 0 amide bonds. The highest BCUT2D eigenvalue weighted by Crippen LogP contribution is 2.33. The molecule has 1 aromatic carbocycles. The number of rotatable bonds is 2. The van der Waals surface area contributed by atoms with E-state index in [1.54, 1.807) is 12.5 Å². The van der Waals surface area contributed by atoms with Crippen LogP contribution in [0.1, 0.15) is 25.3 Å². The average molecular weight is 252 g/mol. The van der Waals surface area contributed by atoms with Crippen LogP contribution in [0.4, 0.5) is 5.69 Å². The van der Waals surface area contributed by atoms with Gasteiger partial charge in [0, 0.05) is 6.20 Å². The Labute approximate surface area is 112 Å². The van der Waals surface area contributed by atoms with Gasteiger partial charge in [-0.2, -0.15) is 0 Å². The maximum Gasteiger partial charge on any atom is 0.228 e. The van der Waals surface area contributed by atoms with Crippen LogP contribution >= 0.6 is 0 Å². The van der Waals surface area contributed by atoms with Gasteiger partial charge in [0.25, 0.3) is 0 Å². The quantitative estimate of drug-likeness (QED) is 0.743. The smallest absolute Gasteiger partial charge is 0.228 e. The molecule has 0 unspecified atom stereocenters. The van der Waals surface area contributed by atoms with Crippen LogP contribution in [0.25, 0.3) is 22.2 Å². The summed E-state index contributed by atoms with van der Waals surface area (Å²) in [5.74, 6) is 0.533. The second kappa shape index (κ2) is 4.43. The van der Waals surface area contributed by atoms with E-state index in [9.17, 15) is 0 Å². The third kappa shape index (κ3) is 1.97. The van der Waals surface area contributed by atoms with Crippen molar-refractivity contribution in [2.45, 2.75) is 19.8 Å². The Kier molecular flexibility index (Phi) is 2.75. The lowest BCUT2D eigenvalue weighted by atomic mass is 9.98. The molecule has 19 heavy (non-hydrogen) atoms. The lowest BCUT2D eigenvalue weighted by Crippen LogP contribution is -1.89. The normalized spacial score (nSPS) is 11.3. The van der Waals surface area contributed by atoms with Crippen molar-refractivity contribution in [1.82, 2.24) is 4.98 Å². The molecule has 0 saturated heterocycles. The van der Waals surface area contributed by atoms with Gasteiger partial charge in [0.2, 0.25) is 5.71 Å². The minimum Gasteiger partial charge on any atom is -0.444 e. The van der Waals surface area contributed by atoms with Gasteiger partial charge in [0.05, 0.1) is 11.1 Å². The number of anilines is 1. The van der Waals surface area contributed by atoms with Crippen molar-refractivity contribution in [3.05, 3.63) is 48.4 Å². The summed E-state index contributed by atoms with van der Waals surface area (Å²) in [6.07, 6.45) is 3.29. The van der Waals surface area contributed by atoms with Gasteiger partial charge in [-0.25, -0.2) is 4.98 Å². The van der Waals surface area contributed by atoms with Crippen molar-refractivity contribution < 1.29 is 4.42 Å². The molecular weight excluding hydrogens is 236 g/mol. The molecule has 2 N–H and O–H groups in total. The van der Waals surface area contributed by atoms with Crippen LogP contribution in [0.5, 0.6) is 0 Å². The molecule has 2 heterocycles. The first kappa shape index (κ1) is 11.8. The van der Waals surface area contributed by atoms with Crippen LogP contribution in [0.2, 0.25) is 0 Å². The molecule has 3 rings (SSSR count). The minimum absolute atomic E-state index is 0.533. The lowest BCUT2D eigenvalue weighted by molar-refractivity contribution is 0.604. The summed E-state index contributed by atoms with van der Waals surface area (Å²) < 4.78 is 5.34. The monoisotopic (exact) mass is 252 g/mol. The van der Waals surface area contributed by atoms with Crippen molar-refractivity contribution in [3.63, 3.8) is 0 Å². The van der Waals surface area contributed by atoms with Gasteiger partial charge in [0.15, 0.2) is 0 Å². The molecule has 0 atom stereocenters. The molecule has 2 aromatic heterocycles. The fourth-order valence-corrected chi connectivity index (χ4v) is 2.28. The third-order valence-electron chi connectivity index (χ3n) is 3.39. The Morgan fingerprint density at radius 2 is 1.84 bits per heavy atom. The number of hydrogen-bond acceptors (Lipinski definition) is 3. The van der Waals surface area contributed by atoms with Gasteiger partial charge in [-0.1, -0.05) is 38.1 Å². The number of hydrogen-bond donors (Lipinski definition) is 1. The largest absolute Gasteiger partial charge is 0.444 e. The number of furan rings is 1. The fraction of sp³-hybridized carbons (Fsp3) is 0.188. The van der Waals surface area contributed by atoms with Crippen LogP contribution in [0.3, 0.4) is 0 Å². The van der Waals surface area contributed by atoms with Crippen LogP contribution < -0.4 is 5.73 Å². The summed E-state index contributed by atoms with van der Waals surface area (Å²) in [5, 5.41) is 0.889. The highest BCUT2D eigenvalue weighted by Gasteiger charge is 2.11. The molecule has 0 aliphatic heterocycles. The number of nitrogens with zero attached hydrogens (tertiary/aromatic N) is 1. The number of fused-ring (bicyclic) bond motifs is 1. The number of nitrogens with two attached hydrogens (primary N) is 1. The van der Waals surface area contributed by atoms with Crippen LogP contribution in [0.15, 0.2) is 47.2 Å². The van der Waals surface area contributed by atoms with Gasteiger partial charge in [-0.05, 0) is 28.7 Å². The van der Waals surface area contributed by atoms with E-state index in [-0.39, 0.29) is 0 Å². The van der Waals surface area contributed by atoms with Gasteiger partial charge in [-0.15, -0.1) is 0 Å². The highest BCUT2D eigenvalue weighted by atomic mass is 16.3. The summed E-state index contributed by atoms with van der Waals surface area (Å²) in [7, 11) is 0. The first-order chi connectivity index (χ1) is 9.16. The second-order valence-electron chi connectivity index (χ2n) is 5.01. The van der Waals surface area contributed by atoms with Crippen molar-refractivity contribution in [2.24, 2.45) is 0 Å². The zero-order chi connectivity index (χ0) is 13.4. The van der Waals surface area contributed by atoms with Crippen LogP contribution in [-0.2, 0) is 0 Å². The highest BCUT2D eigenvalue weighted by molar-refractivity contribution is 6.00. The molecule has 0 radical (unpaired) electrons. The molecule has 0 aliphatic carbocycles. The number of nitrogen functional groups attached to an aromatic ring is 1. The Morgan fingerprint density at radius 1 is 1.11 bits per heavy atom. The predicted octanol–water partition coefficient (Wildman–Crippen LogP) is 4.20. The van der Waals surface area contributed by atoms with E-state index in [0.29, 0.717) is 17.3 Å². The third-order valence-corrected chi connectivity index (χ3v) is 3.39. The summed E-state index contributed by atoms with van der Waals surface area (Å²) >= 11 is 0. The molecule has 3 nitrogen and oxygen atoms in total. The van der Waals surface area contributed by atoms with Crippen LogP contribution in [-0.4, -0.2) is 4.98 Å². The first-order valence-corrected chi connectivity index (χ1v) is 6.39. The standard InChI is InChI=1S/C16H16N2O/c1-10(2)11-3-5-12(6-4-11)13-7-8-18-16-15(13)14(17)9-19-16/h3-10H,17H2,1-2H3. The van der Waals surface area contributed by atoms with Crippen molar-refractivity contribution in [3.8, 4) is 11.1 Å². The molecule has 0 spiro atoms. The van der Waals surface area contributed by atoms with E-state index in [1.807, 2.05) is 6.07 Å². The molecule has 3 heteroatoms. The predicted molar refractivity (Wildman–Crippen MR) is 77.9 cm³/mol. The fourth-order valence-electron chi connectivity index (χ4n) is 2.28. The summed E-state index contributed by atoms with van der Waals surface area (Å²) in [6.45, 7) is 4.38. The van der Waals surface area contributed by atoms with Crippen molar-refractivity contribution in [1.29, 1.82) is 0 Å². The molecule has 0 aliphatic rings. The maximum atomic E-state index is 5.96. The minimum atomic E-state index is 0.533. The molecule has 0 bridgehead atoms. The SMILES string of the molecule is CC(C)c1ccc(-c2ccnc3occ(N)c23)cc1. The average Bonchev–Trinajstić information content (AvgIpc) is 2.81. The van der Waals surface area contributed by atoms with Crippen molar-refractivity contribution in [2.75, 3.05) is 5.73 Å². The first-order valence-electron chi connectivity index (χ1n) is 6.39. The molecular formula is C16H16N2O. The number of aromatic nitrogens is 1. The van der Waals surface area contributed by atoms with Gasteiger partial charge < -0.3 is 10.2 Å². The molecule has 96 valence electrons. The van der Waals surface area contributed by atoms with E-state index < -0.39 is 0 Å². The molecule has 0 saturated carbocycles. The Morgan fingerprint density at radius 3 is 2.53 bits per heavy atom. The van der Waals surface area contributed by atoms with E-state index in [2.05, 4.69) is 43.1 Å². The number of benzene rings is 1. The molecule has 3 aromatic rings. The second-order valence-corrected chi connectivity index (χ2v) is 5.01. The zero-order valence-electron chi connectivity index (χ0n) is 11.1.